The van der Waals surface area contributed by atoms with E-state index in [1.807, 2.05) is 30.1 Å². The Labute approximate surface area is 141 Å². The van der Waals surface area contributed by atoms with Gasteiger partial charge in [-0.3, -0.25) is 14.4 Å². The van der Waals surface area contributed by atoms with Crippen molar-refractivity contribution in [1.29, 1.82) is 0 Å². The minimum atomic E-state index is -0.0900. The van der Waals surface area contributed by atoms with Crippen LogP contribution in [0.4, 0.5) is 0 Å². The molecule has 0 radical (unpaired) electrons. The van der Waals surface area contributed by atoms with E-state index in [-0.39, 0.29) is 18.1 Å². The van der Waals surface area contributed by atoms with Crippen LogP contribution in [0.3, 0.4) is 0 Å². The number of nitrogens with zero attached hydrogens (tertiary/aromatic N) is 5. The number of morpholine rings is 1. The van der Waals surface area contributed by atoms with E-state index in [1.54, 1.807) is 17.2 Å². The average molecular weight is 332 g/mol. The second-order valence-electron chi connectivity index (χ2n) is 6.09. The zero-order valence-electron chi connectivity index (χ0n) is 14.1. The van der Waals surface area contributed by atoms with E-state index in [2.05, 4.69) is 27.3 Å². The molecule has 3 heterocycles. The summed E-state index contributed by atoms with van der Waals surface area (Å²) in [4.78, 5) is 18.5. The number of aryl methyl sites for hydroxylation is 2. The molecule has 1 fully saturated rings. The molecule has 2 atom stereocenters. The predicted molar refractivity (Wildman–Crippen MR) is 88.2 cm³/mol. The van der Waals surface area contributed by atoms with E-state index in [4.69, 9.17) is 4.74 Å². The highest BCUT2D eigenvalue weighted by atomic mass is 16.5. The van der Waals surface area contributed by atoms with E-state index in [1.165, 1.54) is 0 Å². The second-order valence-corrected chi connectivity index (χ2v) is 6.09. The van der Waals surface area contributed by atoms with Crippen LogP contribution in [-0.4, -0.2) is 63.0 Å². The van der Waals surface area contributed by atoms with E-state index in [0.29, 0.717) is 26.1 Å². The first-order valence-corrected chi connectivity index (χ1v) is 8.17. The maximum Gasteiger partial charge on any atom is 0.221 e. The van der Waals surface area contributed by atoms with Crippen LogP contribution in [0.15, 0.2) is 31.0 Å². The maximum absolute atomic E-state index is 12.1. The van der Waals surface area contributed by atoms with E-state index < -0.39 is 0 Å². The number of hydrogen-bond donors (Lipinski definition) is 1. The van der Waals surface area contributed by atoms with Gasteiger partial charge in [-0.25, -0.2) is 4.98 Å². The van der Waals surface area contributed by atoms with Gasteiger partial charge in [0.25, 0.3) is 0 Å². The lowest BCUT2D eigenvalue weighted by atomic mass is 10.0. The van der Waals surface area contributed by atoms with Crippen molar-refractivity contribution in [1.82, 2.24) is 29.5 Å². The van der Waals surface area contributed by atoms with Crippen LogP contribution >= 0.6 is 0 Å². The minimum absolute atomic E-state index is 0.00563. The molecule has 0 aromatic carbocycles. The Morgan fingerprint density at radius 1 is 1.46 bits per heavy atom. The van der Waals surface area contributed by atoms with Gasteiger partial charge in [-0.05, 0) is 13.1 Å². The molecular formula is C16H24N6O2. The molecule has 1 aliphatic heterocycles. The van der Waals surface area contributed by atoms with Crippen molar-refractivity contribution in [2.75, 3.05) is 26.7 Å². The lowest BCUT2D eigenvalue weighted by Gasteiger charge is -2.39. The van der Waals surface area contributed by atoms with Gasteiger partial charge in [0.1, 0.15) is 0 Å². The third-order valence-electron chi connectivity index (χ3n) is 4.39. The average Bonchev–Trinajstić information content (AvgIpc) is 3.23. The molecule has 0 unspecified atom stereocenters. The molecule has 1 amide bonds. The summed E-state index contributed by atoms with van der Waals surface area (Å²) >= 11 is 0. The first-order valence-electron chi connectivity index (χ1n) is 8.17. The highest BCUT2D eigenvalue weighted by molar-refractivity contribution is 5.75. The van der Waals surface area contributed by atoms with Crippen LogP contribution in [0.5, 0.6) is 0 Å². The molecule has 8 heteroatoms. The summed E-state index contributed by atoms with van der Waals surface area (Å²) in [6.07, 6.45) is 7.53. The fraction of sp³-hybridized carbons (Fsp3) is 0.562. The molecule has 24 heavy (non-hydrogen) atoms. The third kappa shape index (κ3) is 3.82. The summed E-state index contributed by atoms with van der Waals surface area (Å²) in [7, 11) is 4.05. The number of likely N-dealkylation sites (N-methyl/N-ethyl adjacent to an activating group) is 1. The number of amides is 1. The van der Waals surface area contributed by atoms with Crippen LogP contribution in [0.2, 0.25) is 0 Å². The molecule has 2 aromatic heterocycles. The standard InChI is InChI=1S/C16H24N6O2/c1-20-8-9-24-14(16(20)13-10-17-12-21(13)2)11-18-15(23)4-7-22-6-3-5-19-22/h3,5-6,10,12,14,16H,4,7-9,11H2,1-2H3,(H,18,23)/t14-,16-/m0/s1. The monoisotopic (exact) mass is 332 g/mol. The Bertz CT molecular complexity index is 653. The molecule has 1 saturated heterocycles. The van der Waals surface area contributed by atoms with Gasteiger partial charge in [0, 0.05) is 51.7 Å². The van der Waals surface area contributed by atoms with Gasteiger partial charge in [0.05, 0.1) is 30.8 Å². The highest BCUT2D eigenvalue weighted by Gasteiger charge is 2.33. The van der Waals surface area contributed by atoms with Gasteiger partial charge in [-0.1, -0.05) is 0 Å². The van der Waals surface area contributed by atoms with Crippen molar-refractivity contribution >= 4 is 5.91 Å². The van der Waals surface area contributed by atoms with Crippen LogP contribution in [0.1, 0.15) is 18.2 Å². The molecule has 0 bridgehead atoms. The van der Waals surface area contributed by atoms with Gasteiger partial charge in [-0.15, -0.1) is 0 Å². The quantitative estimate of drug-likeness (QED) is 0.817. The summed E-state index contributed by atoms with van der Waals surface area (Å²) in [5.41, 5.74) is 1.09. The molecule has 0 spiro atoms. The van der Waals surface area contributed by atoms with Gasteiger partial charge in [-0.2, -0.15) is 5.10 Å². The highest BCUT2D eigenvalue weighted by Crippen LogP contribution is 2.27. The van der Waals surface area contributed by atoms with Crippen molar-refractivity contribution in [3.05, 3.63) is 36.7 Å². The summed E-state index contributed by atoms with van der Waals surface area (Å²) < 4.78 is 9.68. The molecule has 0 saturated carbocycles. The predicted octanol–water partition coefficient (Wildman–Crippen LogP) is 0.195. The summed E-state index contributed by atoms with van der Waals surface area (Å²) in [5.74, 6) is 0.00563. The fourth-order valence-corrected chi connectivity index (χ4v) is 3.05. The van der Waals surface area contributed by atoms with E-state index in [0.717, 1.165) is 12.2 Å². The largest absolute Gasteiger partial charge is 0.373 e. The Hall–Kier alpha value is -2.19. The Balaban J connectivity index is 1.56. The summed E-state index contributed by atoms with van der Waals surface area (Å²) in [5, 5.41) is 7.08. The molecule has 0 aliphatic carbocycles. The molecule has 8 nitrogen and oxygen atoms in total. The van der Waals surface area contributed by atoms with Crippen molar-refractivity contribution in [2.24, 2.45) is 7.05 Å². The van der Waals surface area contributed by atoms with Gasteiger partial charge in [0.15, 0.2) is 0 Å². The molecule has 2 aromatic rings. The third-order valence-corrected chi connectivity index (χ3v) is 4.39. The van der Waals surface area contributed by atoms with Crippen LogP contribution < -0.4 is 5.32 Å². The normalized spacial score (nSPS) is 21.8. The summed E-state index contributed by atoms with van der Waals surface area (Å²) in [6, 6.07) is 1.93. The Kier molecular flexibility index (Phi) is 5.27. The lowest BCUT2D eigenvalue weighted by Crippen LogP contribution is -2.48. The first kappa shape index (κ1) is 16.7. The van der Waals surface area contributed by atoms with Gasteiger partial charge >= 0.3 is 0 Å². The van der Waals surface area contributed by atoms with Crippen molar-refractivity contribution in [3.63, 3.8) is 0 Å². The van der Waals surface area contributed by atoms with E-state index in [9.17, 15) is 4.79 Å². The first-order chi connectivity index (χ1) is 11.6. The number of carbonyl (C=O) groups is 1. The number of carbonyl (C=O) groups excluding carboxylic acids is 1. The number of nitrogens with one attached hydrogen (secondary N) is 1. The second kappa shape index (κ2) is 7.59. The van der Waals surface area contributed by atoms with Crippen LogP contribution in [0, 0.1) is 0 Å². The molecule has 1 aliphatic rings. The van der Waals surface area contributed by atoms with Crippen molar-refractivity contribution in [3.8, 4) is 0 Å². The number of hydrogen-bond acceptors (Lipinski definition) is 5. The topological polar surface area (TPSA) is 77.2 Å². The Morgan fingerprint density at radius 3 is 3.04 bits per heavy atom. The van der Waals surface area contributed by atoms with Gasteiger partial charge < -0.3 is 14.6 Å². The molecule has 3 rings (SSSR count). The number of rotatable bonds is 6. The maximum atomic E-state index is 12.1. The molecule has 130 valence electrons. The van der Waals surface area contributed by atoms with Crippen LogP contribution in [0.25, 0.3) is 0 Å². The SMILES string of the molecule is CN1CCO[C@@H](CNC(=O)CCn2cccn2)[C@@H]1c1cncn1C. The number of ether oxygens (including phenoxy) is 1. The smallest absolute Gasteiger partial charge is 0.221 e. The number of aromatic nitrogens is 4. The van der Waals surface area contributed by atoms with Crippen LogP contribution in [-0.2, 0) is 23.1 Å². The van der Waals surface area contributed by atoms with E-state index >= 15 is 0 Å². The molecule has 1 N–H and O–H groups in total. The zero-order valence-corrected chi connectivity index (χ0v) is 14.1. The zero-order chi connectivity index (χ0) is 16.9. The fourth-order valence-electron chi connectivity index (χ4n) is 3.05. The van der Waals surface area contributed by atoms with Crippen molar-refractivity contribution in [2.45, 2.75) is 25.1 Å². The van der Waals surface area contributed by atoms with Gasteiger partial charge in [0.2, 0.25) is 5.91 Å². The van der Waals surface area contributed by atoms with Crippen molar-refractivity contribution < 1.29 is 9.53 Å². The Morgan fingerprint density at radius 2 is 2.33 bits per heavy atom. The lowest BCUT2D eigenvalue weighted by molar-refractivity contribution is -0.123. The minimum Gasteiger partial charge on any atom is -0.373 e. The summed E-state index contributed by atoms with van der Waals surface area (Å²) in [6.45, 7) is 2.59. The number of imidazole rings is 1. The molecular weight excluding hydrogens is 308 g/mol.